The normalized spacial score (nSPS) is 17.7. The number of ether oxygens (including phenoxy) is 1. The third-order valence-electron chi connectivity index (χ3n) is 7.17. The van der Waals surface area contributed by atoms with Gasteiger partial charge >= 0.3 is 6.18 Å². The minimum Gasteiger partial charge on any atom is -0.497 e. The molecular formula is C27H28F3N5O2S. The smallest absolute Gasteiger partial charge is 0.433 e. The Bertz CT molecular complexity index is 1450. The van der Waals surface area contributed by atoms with Gasteiger partial charge in [0.25, 0.3) is 5.91 Å². The van der Waals surface area contributed by atoms with Gasteiger partial charge in [0, 0.05) is 47.7 Å². The molecule has 4 heterocycles. The molecule has 200 valence electrons. The van der Waals surface area contributed by atoms with E-state index in [1.165, 1.54) is 25.1 Å². The van der Waals surface area contributed by atoms with E-state index in [0.29, 0.717) is 30.9 Å². The van der Waals surface area contributed by atoms with Crippen molar-refractivity contribution in [3.63, 3.8) is 0 Å². The molecule has 3 aromatic heterocycles. The van der Waals surface area contributed by atoms with E-state index in [1.54, 1.807) is 40.5 Å². The highest BCUT2D eigenvalue weighted by atomic mass is 32.1. The second-order valence-corrected chi connectivity index (χ2v) is 10.5. The maximum absolute atomic E-state index is 14.2. The summed E-state index contributed by atoms with van der Waals surface area (Å²) in [4.78, 5) is 23.5. The van der Waals surface area contributed by atoms with E-state index in [2.05, 4.69) is 28.0 Å². The fraction of sp³-hybridized carbons (Fsp3) is 0.370. The van der Waals surface area contributed by atoms with Gasteiger partial charge in [-0.15, -0.1) is 11.3 Å². The number of rotatable bonds is 5. The molecule has 2 atom stereocenters. The Morgan fingerprint density at radius 1 is 1.18 bits per heavy atom. The highest BCUT2D eigenvalue weighted by Crippen LogP contribution is 2.37. The summed E-state index contributed by atoms with van der Waals surface area (Å²) in [5.74, 6) is 0.200. The maximum atomic E-state index is 14.2. The molecule has 0 radical (unpaired) electrons. The van der Waals surface area contributed by atoms with Gasteiger partial charge in [0.15, 0.2) is 11.3 Å². The van der Waals surface area contributed by atoms with Crippen LogP contribution in [0.2, 0.25) is 0 Å². The van der Waals surface area contributed by atoms with E-state index >= 15 is 0 Å². The summed E-state index contributed by atoms with van der Waals surface area (Å²) in [5.41, 5.74) is -0.445. The van der Waals surface area contributed by atoms with Gasteiger partial charge in [-0.25, -0.2) is 9.50 Å². The SMILES string of the molecule is COc1ccc(-c2nc3c(C(=O)N4CCN(C(C)c5cccs5)C[C@H]4C)cnn3c(C(F)(F)F)c2C)cc1. The first-order valence-electron chi connectivity index (χ1n) is 12.3. The number of piperazine rings is 1. The molecule has 0 bridgehead atoms. The number of carbonyl (C=O) groups is 1. The molecule has 0 aliphatic carbocycles. The third-order valence-corrected chi connectivity index (χ3v) is 8.21. The Kier molecular flexibility index (Phi) is 6.91. The lowest BCUT2D eigenvalue weighted by atomic mass is 10.0. The van der Waals surface area contributed by atoms with Crippen LogP contribution >= 0.6 is 11.3 Å². The minimum absolute atomic E-state index is 0.0527. The second kappa shape index (κ2) is 10.0. The molecule has 4 aromatic rings. The van der Waals surface area contributed by atoms with E-state index in [0.717, 1.165) is 4.52 Å². The van der Waals surface area contributed by atoms with Crippen molar-refractivity contribution in [2.24, 2.45) is 0 Å². The van der Waals surface area contributed by atoms with Gasteiger partial charge in [0.05, 0.1) is 19.0 Å². The Hall–Kier alpha value is -3.44. The highest BCUT2D eigenvalue weighted by Gasteiger charge is 2.39. The number of benzene rings is 1. The molecule has 0 saturated carbocycles. The van der Waals surface area contributed by atoms with Crippen LogP contribution < -0.4 is 4.74 Å². The van der Waals surface area contributed by atoms with Crippen molar-refractivity contribution < 1.29 is 22.7 Å². The summed E-state index contributed by atoms with van der Waals surface area (Å²) < 4.78 is 48.7. The number of hydrogen-bond donors (Lipinski definition) is 0. The van der Waals surface area contributed by atoms with Gasteiger partial charge in [0.1, 0.15) is 11.3 Å². The number of methoxy groups -OCH3 is 1. The molecule has 7 nitrogen and oxygen atoms in total. The predicted molar refractivity (Wildman–Crippen MR) is 140 cm³/mol. The molecule has 5 rings (SSSR count). The molecule has 0 spiro atoms. The molecule has 1 fully saturated rings. The van der Waals surface area contributed by atoms with E-state index in [-0.39, 0.29) is 40.5 Å². The summed E-state index contributed by atoms with van der Waals surface area (Å²) in [6.45, 7) is 7.24. The van der Waals surface area contributed by atoms with Crippen molar-refractivity contribution in [1.29, 1.82) is 0 Å². The minimum atomic E-state index is -4.70. The molecule has 1 aliphatic rings. The van der Waals surface area contributed by atoms with Crippen LogP contribution in [0.3, 0.4) is 0 Å². The zero-order valence-electron chi connectivity index (χ0n) is 21.5. The van der Waals surface area contributed by atoms with Gasteiger partial charge in [-0.3, -0.25) is 9.69 Å². The summed E-state index contributed by atoms with van der Waals surface area (Å²) in [6.07, 6.45) is -3.50. The van der Waals surface area contributed by atoms with E-state index in [9.17, 15) is 18.0 Å². The third kappa shape index (κ3) is 4.64. The molecule has 11 heteroatoms. The van der Waals surface area contributed by atoms with E-state index in [4.69, 9.17) is 4.74 Å². The fourth-order valence-electron chi connectivity index (χ4n) is 5.09. The average molecular weight is 544 g/mol. The number of fused-ring (bicyclic) bond motifs is 1. The van der Waals surface area contributed by atoms with Crippen LogP contribution in [0.5, 0.6) is 5.75 Å². The first-order valence-corrected chi connectivity index (χ1v) is 13.2. The number of carbonyl (C=O) groups excluding carboxylic acids is 1. The number of hydrogen-bond acceptors (Lipinski definition) is 6. The van der Waals surface area contributed by atoms with Gasteiger partial charge in [0.2, 0.25) is 0 Å². The fourth-order valence-corrected chi connectivity index (χ4v) is 5.91. The number of thiophene rings is 1. The maximum Gasteiger partial charge on any atom is 0.433 e. The van der Waals surface area contributed by atoms with Crippen LogP contribution in [0.25, 0.3) is 16.9 Å². The van der Waals surface area contributed by atoms with Crippen molar-refractivity contribution in [2.45, 2.75) is 39.0 Å². The van der Waals surface area contributed by atoms with Crippen molar-refractivity contribution in [1.82, 2.24) is 24.4 Å². The Labute approximate surface area is 222 Å². The number of aromatic nitrogens is 3. The van der Waals surface area contributed by atoms with Crippen LogP contribution in [0, 0.1) is 6.92 Å². The lowest BCUT2D eigenvalue weighted by Crippen LogP contribution is -2.54. The van der Waals surface area contributed by atoms with Crippen LogP contribution in [0.4, 0.5) is 13.2 Å². The number of halogens is 3. The van der Waals surface area contributed by atoms with E-state index in [1.807, 2.05) is 18.4 Å². The summed E-state index contributed by atoms with van der Waals surface area (Å²) in [5, 5.41) is 6.03. The zero-order chi connectivity index (χ0) is 27.2. The highest BCUT2D eigenvalue weighted by molar-refractivity contribution is 7.10. The largest absolute Gasteiger partial charge is 0.497 e. The van der Waals surface area contributed by atoms with Gasteiger partial charge < -0.3 is 9.64 Å². The number of alkyl halides is 3. The Morgan fingerprint density at radius 2 is 1.92 bits per heavy atom. The second-order valence-electron chi connectivity index (χ2n) is 9.49. The van der Waals surface area contributed by atoms with Gasteiger partial charge in [-0.2, -0.15) is 18.3 Å². The molecule has 1 unspecified atom stereocenters. The lowest BCUT2D eigenvalue weighted by Gasteiger charge is -2.42. The number of nitrogens with zero attached hydrogens (tertiary/aromatic N) is 5. The molecule has 1 aromatic carbocycles. The van der Waals surface area contributed by atoms with Crippen LogP contribution in [0.15, 0.2) is 48.0 Å². The average Bonchev–Trinajstić information content (AvgIpc) is 3.57. The van der Waals surface area contributed by atoms with Crippen molar-refractivity contribution in [3.05, 3.63) is 69.7 Å². The molecule has 38 heavy (non-hydrogen) atoms. The van der Waals surface area contributed by atoms with Crippen molar-refractivity contribution in [3.8, 4) is 17.0 Å². The Morgan fingerprint density at radius 3 is 2.53 bits per heavy atom. The molecule has 1 amide bonds. The summed E-state index contributed by atoms with van der Waals surface area (Å²) >= 11 is 1.70. The topological polar surface area (TPSA) is 63.0 Å². The van der Waals surface area contributed by atoms with Crippen LogP contribution in [-0.2, 0) is 6.18 Å². The summed E-state index contributed by atoms with van der Waals surface area (Å²) in [6, 6.07) is 10.8. The van der Waals surface area contributed by atoms with Crippen LogP contribution in [0.1, 0.15) is 46.4 Å². The van der Waals surface area contributed by atoms with Crippen molar-refractivity contribution in [2.75, 3.05) is 26.7 Å². The summed E-state index contributed by atoms with van der Waals surface area (Å²) in [7, 11) is 1.51. The van der Waals surface area contributed by atoms with Gasteiger partial charge in [-0.1, -0.05) is 6.07 Å². The monoisotopic (exact) mass is 543 g/mol. The Balaban J connectivity index is 1.51. The first kappa shape index (κ1) is 26.2. The quantitative estimate of drug-likeness (QED) is 0.323. The standard InChI is InChI=1S/C27H28F3N5O2S/c1-16-15-33(18(3)22-6-5-13-38-22)11-12-34(16)26(36)21-14-31-35-24(27(28,29)30)17(2)23(32-25(21)35)19-7-9-20(37-4)10-8-19/h5-10,13-14,16,18H,11-12,15H2,1-4H3/t16-,18?/m1/s1. The first-order chi connectivity index (χ1) is 18.1. The lowest BCUT2D eigenvalue weighted by molar-refractivity contribution is -0.143. The molecular weight excluding hydrogens is 515 g/mol. The van der Waals surface area contributed by atoms with E-state index < -0.39 is 11.9 Å². The molecule has 0 N–H and O–H groups in total. The zero-order valence-corrected chi connectivity index (χ0v) is 22.3. The van der Waals surface area contributed by atoms with Crippen LogP contribution in [-0.4, -0.2) is 63.1 Å². The number of amides is 1. The molecule has 1 aliphatic heterocycles. The van der Waals surface area contributed by atoms with Gasteiger partial charge in [-0.05, 0) is 56.5 Å². The molecule has 1 saturated heterocycles. The predicted octanol–water partition coefficient (Wildman–Crippen LogP) is 5.70. The van der Waals surface area contributed by atoms with Crippen molar-refractivity contribution >= 4 is 22.9 Å².